The van der Waals surface area contributed by atoms with Gasteiger partial charge in [0.25, 0.3) is 0 Å². The molecule has 1 aromatic carbocycles. The number of unbranched alkanes of at least 4 members (excludes halogenated alkanes) is 1. The lowest BCUT2D eigenvalue weighted by atomic mass is 10.2. The van der Waals surface area contributed by atoms with Crippen molar-refractivity contribution in [3.05, 3.63) is 24.3 Å². The second-order valence-corrected chi connectivity index (χ2v) is 6.94. The molecule has 0 unspecified atom stereocenters. The molecule has 152 valence electrons. The maximum atomic E-state index is 12.3. The van der Waals surface area contributed by atoms with Crippen molar-refractivity contribution >= 4 is 11.8 Å². The number of rotatable bonds is 10. The first-order valence-corrected chi connectivity index (χ1v) is 9.71. The lowest BCUT2D eigenvalue weighted by Crippen LogP contribution is -2.48. The molecule has 1 heterocycles. The predicted octanol–water partition coefficient (Wildman–Crippen LogP) is 2.68. The van der Waals surface area contributed by atoms with Gasteiger partial charge < -0.3 is 19.1 Å². The molecule has 0 bridgehead atoms. The number of amides is 1. The standard InChI is InChI=1S/C20H33N3O4/c1-4-5-13-26-18-8-6-7-17(14-18)21-20(24)27-19(16-25-3)15-23-11-9-22(2)10-12-23/h6-8,14,19H,4-5,9-13,15-16H2,1-3H3,(H,21,24)/t19-/m0/s1. The highest BCUT2D eigenvalue weighted by atomic mass is 16.6. The van der Waals surface area contributed by atoms with Gasteiger partial charge in [-0.3, -0.25) is 10.2 Å². The number of anilines is 1. The van der Waals surface area contributed by atoms with Gasteiger partial charge in [0.1, 0.15) is 11.9 Å². The molecule has 2 rings (SSSR count). The van der Waals surface area contributed by atoms with Gasteiger partial charge in [-0.05, 0) is 25.6 Å². The molecular formula is C20H33N3O4. The number of nitrogens with zero attached hydrogens (tertiary/aromatic N) is 2. The Kier molecular flexibility index (Phi) is 9.38. The maximum absolute atomic E-state index is 12.3. The van der Waals surface area contributed by atoms with E-state index in [0.717, 1.165) is 44.8 Å². The summed E-state index contributed by atoms with van der Waals surface area (Å²) >= 11 is 0. The smallest absolute Gasteiger partial charge is 0.412 e. The number of ether oxygens (including phenoxy) is 3. The van der Waals surface area contributed by atoms with Crippen molar-refractivity contribution in [1.29, 1.82) is 0 Å². The molecule has 0 spiro atoms. The zero-order valence-electron chi connectivity index (χ0n) is 16.8. The molecule has 1 atom stereocenters. The van der Waals surface area contributed by atoms with Crippen LogP contribution in [0.5, 0.6) is 5.75 Å². The van der Waals surface area contributed by atoms with Crippen LogP contribution in [0.4, 0.5) is 10.5 Å². The van der Waals surface area contributed by atoms with Crippen LogP contribution in [-0.2, 0) is 9.47 Å². The molecule has 1 aliphatic heterocycles. The number of likely N-dealkylation sites (N-methyl/N-ethyl adjacent to an activating group) is 1. The van der Waals surface area contributed by atoms with Gasteiger partial charge in [0.05, 0.1) is 13.2 Å². The minimum absolute atomic E-state index is 0.303. The second-order valence-electron chi connectivity index (χ2n) is 6.94. The minimum atomic E-state index is -0.475. The molecular weight excluding hydrogens is 346 g/mol. The van der Waals surface area contributed by atoms with Crippen LogP contribution in [-0.4, -0.2) is 82.1 Å². The van der Waals surface area contributed by atoms with E-state index >= 15 is 0 Å². The zero-order valence-corrected chi connectivity index (χ0v) is 16.8. The first kappa shape index (κ1) is 21.5. The topological polar surface area (TPSA) is 63.3 Å². The van der Waals surface area contributed by atoms with E-state index in [0.29, 0.717) is 25.4 Å². The molecule has 1 amide bonds. The third-order valence-electron chi connectivity index (χ3n) is 4.53. The molecule has 1 aliphatic rings. The van der Waals surface area contributed by atoms with E-state index in [9.17, 15) is 4.79 Å². The Bertz CT molecular complexity index is 562. The van der Waals surface area contributed by atoms with Gasteiger partial charge in [-0.1, -0.05) is 19.4 Å². The Hall–Kier alpha value is -1.83. The average Bonchev–Trinajstić information content (AvgIpc) is 2.64. The molecule has 0 saturated carbocycles. The number of piperazine rings is 1. The number of carbonyl (C=O) groups is 1. The lowest BCUT2D eigenvalue weighted by molar-refractivity contribution is 0.0157. The van der Waals surface area contributed by atoms with Crippen molar-refractivity contribution in [2.45, 2.75) is 25.9 Å². The van der Waals surface area contributed by atoms with Gasteiger partial charge in [0.2, 0.25) is 0 Å². The summed E-state index contributed by atoms with van der Waals surface area (Å²) in [4.78, 5) is 16.9. The summed E-state index contributed by atoms with van der Waals surface area (Å²) in [6.45, 7) is 7.83. The van der Waals surface area contributed by atoms with Crippen LogP contribution in [0.2, 0.25) is 0 Å². The summed E-state index contributed by atoms with van der Waals surface area (Å²) < 4.78 is 16.5. The Balaban J connectivity index is 1.83. The van der Waals surface area contributed by atoms with Crippen LogP contribution in [0.25, 0.3) is 0 Å². The van der Waals surface area contributed by atoms with E-state index in [1.807, 2.05) is 24.3 Å². The summed E-state index contributed by atoms with van der Waals surface area (Å²) in [7, 11) is 3.74. The van der Waals surface area contributed by atoms with Crippen LogP contribution >= 0.6 is 0 Å². The summed E-state index contributed by atoms with van der Waals surface area (Å²) in [6.07, 6.45) is 1.31. The molecule has 7 nitrogen and oxygen atoms in total. The van der Waals surface area contributed by atoms with Crippen LogP contribution in [0, 0.1) is 0 Å². The molecule has 1 saturated heterocycles. The third-order valence-corrected chi connectivity index (χ3v) is 4.53. The predicted molar refractivity (Wildman–Crippen MR) is 107 cm³/mol. The van der Waals surface area contributed by atoms with Crippen LogP contribution in [0.1, 0.15) is 19.8 Å². The fourth-order valence-corrected chi connectivity index (χ4v) is 2.92. The summed E-state index contributed by atoms with van der Waals surface area (Å²) in [6, 6.07) is 7.36. The van der Waals surface area contributed by atoms with Gasteiger partial charge in [0, 0.05) is 51.6 Å². The quantitative estimate of drug-likeness (QED) is 0.631. The highest BCUT2D eigenvalue weighted by Crippen LogP contribution is 2.18. The Labute approximate surface area is 162 Å². The van der Waals surface area contributed by atoms with Gasteiger partial charge >= 0.3 is 6.09 Å². The van der Waals surface area contributed by atoms with Crippen molar-refractivity contribution < 1.29 is 19.0 Å². The monoisotopic (exact) mass is 379 g/mol. The highest BCUT2D eigenvalue weighted by molar-refractivity contribution is 5.85. The molecule has 27 heavy (non-hydrogen) atoms. The maximum Gasteiger partial charge on any atom is 0.412 e. The van der Waals surface area contributed by atoms with E-state index in [1.165, 1.54) is 0 Å². The number of nitrogens with one attached hydrogen (secondary N) is 1. The Morgan fingerprint density at radius 3 is 2.74 bits per heavy atom. The number of carbonyl (C=O) groups excluding carboxylic acids is 1. The lowest BCUT2D eigenvalue weighted by Gasteiger charge is -2.34. The number of benzene rings is 1. The average molecular weight is 380 g/mol. The van der Waals surface area contributed by atoms with Gasteiger partial charge in [-0.25, -0.2) is 4.79 Å². The largest absolute Gasteiger partial charge is 0.494 e. The van der Waals surface area contributed by atoms with Crippen LogP contribution < -0.4 is 10.1 Å². The number of methoxy groups -OCH3 is 1. The first-order valence-electron chi connectivity index (χ1n) is 9.71. The number of hydrogen-bond donors (Lipinski definition) is 1. The summed E-state index contributed by atoms with van der Waals surface area (Å²) in [5, 5.41) is 2.78. The molecule has 1 N–H and O–H groups in total. The van der Waals surface area contributed by atoms with Crippen LogP contribution in [0.3, 0.4) is 0 Å². The Morgan fingerprint density at radius 1 is 1.26 bits per heavy atom. The zero-order chi connectivity index (χ0) is 19.5. The van der Waals surface area contributed by atoms with Gasteiger partial charge in [0.15, 0.2) is 0 Å². The number of hydrogen-bond acceptors (Lipinski definition) is 6. The minimum Gasteiger partial charge on any atom is -0.494 e. The van der Waals surface area contributed by atoms with Crippen LogP contribution in [0.15, 0.2) is 24.3 Å². The van der Waals surface area contributed by atoms with E-state index in [-0.39, 0.29) is 6.10 Å². The summed E-state index contributed by atoms with van der Waals surface area (Å²) in [5.41, 5.74) is 0.657. The van der Waals surface area contributed by atoms with Crippen molar-refractivity contribution in [2.75, 3.05) is 65.4 Å². The molecule has 0 aliphatic carbocycles. The van der Waals surface area contributed by atoms with E-state index in [1.54, 1.807) is 7.11 Å². The van der Waals surface area contributed by atoms with Crippen molar-refractivity contribution in [2.24, 2.45) is 0 Å². The fraction of sp³-hybridized carbons (Fsp3) is 0.650. The molecule has 0 aromatic heterocycles. The second kappa shape index (κ2) is 11.8. The molecule has 7 heteroatoms. The van der Waals surface area contributed by atoms with Crippen molar-refractivity contribution in [3.8, 4) is 5.75 Å². The van der Waals surface area contributed by atoms with Crippen molar-refractivity contribution in [3.63, 3.8) is 0 Å². The van der Waals surface area contributed by atoms with E-state index in [2.05, 4.69) is 29.1 Å². The van der Waals surface area contributed by atoms with E-state index in [4.69, 9.17) is 14.2 Å². The first-order chi connectivity index (χ1) is 13.1. The van der Waals surface area contributed by atoms with E-state index < -0.39 is 6.09 Å². The molecule has 1 fully saturated rings. The fourth-order valence-electron chi connectivity index (χ4n) is 2.92. The third kappa shape index (κ3) is 8.15. The Morgan fingerprint density at radius 2 is 2.04 bits per heavy atom. The SMILES string of the molecule is CCCCOc1cccc(NC(=O)O[C@H](COC)CN2CCN(C)CC2)c1. The molecule has 0 radical (unpaired) electrons. The molecule has 1 aromatic rings. The summed E-state index contributed by atoms with van der Waals surface area (Å²) in [5.74, 6) is 0.743. The van der Waals surface area contributed by atoms with Crippen molar-refractivity contribution in [1.82, 2.24) is 9.80 Å². The normalized spacial score (nSPS) is 16.7. The van der Waals surface area contributed by atoms with Gasteiger partial charge in [-0.15, -0.1) is 0 Å². The van der Waals surface area contributed by atoms with Gasteiger partial charge in [-0.2, -0.15) is 0 Å². The highest BCUT2D eigenvalue weighted by Gasteiger charge is 2.21.